The highest BCUT2D eigenvalue weighted by Crippen LogP contribution is 2.06. The summed E-state index contributed by atoms with van der Waals surface area (Å²) in [7, 11) is 0. The minimum Gasteiger partial charge on any atom is -0.355 e. The zero-order valence-electron chi connectivity index (χ0n) is 9.24. The van der Waals surface area contributed by atoms with Gasteiger partial charge in [0.25, 0.3) is 0 Å². The van der Waals surface area contributed by atoms with Crippen LogP contribution in [0.3, 0.4) is 0 Å². The van der Waals surface area contributed by atoms with Crippen molar-refractivity contribution in [3.63, 3.8) is 0 Å². The number of nitrogens with zero attached hydrogens (tertiary/aromatic N) is 1. The van der Waals surface area contributed by atoms with Crippen molar-refractivity contribution in [1.82, 2.24) is 10.2 Å². The first-order chi connectivity index (χ1) is 7.22. The van der Waals surface area contributed by atoms with Crippen molar-refractivity contribution < 1.29 is 4.79 Å². The normalized spacial score (nSPS) is 18.7. The molecule has 0 spiro atoms. The van der Waals surface area contributed by atoms with Crippen LogP contribution in [-0.4, -0.2) is 43.0 Å². The van der Waals surface area contributed by atoms with E-state index in [-0.39, 0.29) is 5.91 Å². The monoisotopic (exact) mass is 211 g/mol. The van der Waals surface area contributed by atoms with Gasteiger partial charge in [0.1, 0.15) is 0 Å². The second kappa shape index (κ2) is 6.58. The van der Waals surface area contributed by atoms with Gasteiger partial charge in [-0.2, -0.15) is 0 Å². The third-order valence-corrected chi connectivity index (χ3v) is 2.67. The Morgan fingerprint density at radius 3 is 2.80 bits per heavy atom. The van der Waals surface area contributed by atoms with Gasteiger partial charge in [-0.3, -0.25) is 9.69 Å². The molecule has 4 nitrogen and oxygen atoms in total. The van der Waals surface area contributed by atoms with Gasteiger partial charge in [-0.05, 0) is 19.3 Å². The number of hydrogen-bond donors (Lipinski definition) is 2. The van der Waals surface area contributed by atoms with E-state index < -0.39 is 0 Å². The maximum atomic E-state index is 11.4. The second-order valence-corrected chi connectivity index (χ2v) is 4.04. The molecule has 0 atom stereocenters. The largest absolute Gasteiger partial charge is 0.355 e. The van der Waals surface area contributed by atoms with Gasteiger partial charge in [0.05, 0.1) is 6.54 Å². The van der Waals surface area contributed by atoms with Gasteiger partial charge in [0.15, 0.2) is 0 Å². The third-order valence-electron chi connectivity index (χ3n) is 2.67. The van der Waals surface area contributed by atoms with Crippen molar-refractivity contribution in [3.05, 3.63) is 12.7 Å². The fourth-order valence-corrected chi connectivity index (χ4v) is 1.68. The van der Waals surface area contributed by atoms with Crippen LogP contribution < -0.4 is 11.1 Å². The van der Waals surface area contributed by atoms with Crippen LogP contribution in [0.4, 0.5) is 0 Å². The molecule has 1 saturated heterocycles. The zero-order valence-corrected chi connectivity index (χ0v) is 9.24. The molecule has 3 N–H and O–H groups in total. The summed E-state index contributed by atoms with van der Waals surface area (Å²) >= 11 is 0. The summed E-state index contributed by atoms with van der Waals surface area (Å²) in [5.74, 6) is 0.104. The summed E-state index contributed by atoms with van der Waals surface area (Å²) in [6.07, 6.45) is 4.64. The second-order valence-electron chi connectivity index (χ2n) is 4.04. The zero-order chi connectivity index (χ0) is 11.1. The van der Waals surface area contributed by atoms with Crippen molar-refractivity contribution in [2.24, 2.45) is 5.73 Å². The Labute approximate surface area is 91.5 Å². The van der Waals surface area contributed by atoms with Crippen LogP contribution in [0.5, 0.6) is 0 Å². The number of nitrogens with two attached hydrogens (primary N) is 1. The molecule has 0 aromatic rings. The van der Waals surface area contributed by atoms with E-state index in [0.29, 0.717) is 19.1 Å². The van der Waals surface area contributed by atoms with Gasteiger partial charge in [-0.1, -0.05) is 6.08 Å². The first kappa shape index (κ1) is 12.2. The van der Waals surface area contributed by atoms with Crippen molar-refractivity contribution in [2.75, 3.05) is 26.2 Å². The average Bonchev–Trinajstić information content (AvgIpc) is 2.22. The van der Waals surface area contributed by atoms with Crippen molar-refractivity contribution in [2.45, 2.75) is 25.3 Å². The smallest absolute Gasteiger partial charge is 0.234 e. The highest BCUT2D eigenvalue weighted by atomic mass is 16.2. The first-order valence-corrected chi connectivity index (χ1v) is 5.58. The molecule has 1 rings (SSSR count). The lowest BCUT2D eigenvalue weighted by Gasteiger charge is -2.29. The van der Waals surface area contributed by atoms with E-state index in [4.69, 9.17) is 5.73 Å². The Morgan fingerprint density at radius 1 is 1.53 bits per heavy atom. The van der Waals surface area contributed by atoms with E-state index in [1.165, 1.54) is 0 Å². The van der Waals surface area contributed by atoms with Crippen LogP contribution in [-0.2, 0) is 4.79 Å². The molecule has 0 unspecified atom stereocenters. The molecule has 0 radical (unpaired) electrons. The molecule has 1 fully saturated rings. The number of hydrogen-bond acceptors (Lipinski definition) is 3. The third kappa shape index (κ3) is 4.95. The Balaban J connectivity index is 2.12. The van der Waals surface area contributed by atoms with Crippen LogP contribution in [0, 0.1) is 0 Å². The molecular weight excluding hydrogens is 190 g/mol. The molecule has 0 aliphatic carbocycles. The van der Waals surface area contributed by atoms with E-state index in [9.17, 15) is 4.79 Å². The summed E-state index contributed by atoms with van der Waals surface area (Å²) in [6.45, 7) is 6.68. The Kier molecular flexibility index (Phi) is 5.36. The van der Waals surface area contributed by atoms with Gasteiger partial charge in [-0.15, -0.1) is 6.58 Å². The topological polar surface area (TPSA) is 58.4 Å². The summed E-state index contributed by atoms with van der Waals surface area (Å²) in [4.78, 5) is 13.6. The van der Waals surface area contributed by atoms with Crippen molar-refractivity contribution in [1.29, 1.82) is 0 Å². The Bertz CT molecular complexity index is 210. The fourth-order valence-electron chi connectivity index (χ4n) is 1.68. The number of amides is 1. The van der Waals surface area contributed by atoms with Crippen LogP contribution in [0.2, 0.25) is 0 Å². The van der Waals surface area contributed by atoms with Crippen LogP contribution in [0.1, 0.15) is 19.3 Å². The molecule has 0 bridgehead atoms. The van der Waals surface area contributed by atoms with Gasteiger partial charge in [-0.25, -0.2) is 0 Å². The molecule has 0 aromatic carbocycles. The maximum Gasteiger partial charge on any atom is 0.234 e. The number of likely N-dealkylation sites (tertiary alicyclic amines) is 1. The number of piperidine rings is 1. The van der Waals surface area contributed by atoms with Gasteiger partial charge >= 0.3 is 0 Å². The van der Waals surface area contributed by atoms with E-state index in [2.05, 4.69) is 16.8 Å². The lowest BCUT2D eigenvalue weighted by molar-refractivity contribution is -0.122. The number of rotatable bonds is 5. The minimum atomic E-state index is 0.104. The summed E-state index contributed by atoms with van der Waals surface area (Å²) in [6, 6.07) is 0.324. The minimum absolute atomic E-state index is 0.104. The quantitative estimate of drug-likeness (QED) is 0.501. The highest BCUT2D eigenvalue weighted by molar-refractivity contribution is 5.77. The van der Waals surface area contributed by atoms with Gasteiger partial charge in [0.2, 0.25) is 5.91 Å². The molecule has 1 amide bonds. The van der Waals surface area contributed by atoms with Crippen molar-refractivity contribution >= 4 is 5.91 Å². The van der Waals surface area contributed by atoms with Crippen LogP contribution in [0.25, 0.3) is 0 Å². The lowest BCUT2D eigenvalue weighted by atomic mass is 10.1. The van der Waals surface area contributed by atoms with Gasteiger partial charge in [0, 0.05) is 25.7 Å². The van der Waals surface area contributed by atoms with Gasteiger partial charge < -0.3 is 11.1 Å². The first-order valence-electron chi connectivity index (χ1n) is 5.58. The summed E-state index contributed by atoms with van der Waals surface area (Å²) in [5.41, 5.74) is 5.79. The predicted molar refractivity (Wildman–Crippen MR) is 61.5 cm³/mol. The van der Waals surface area contributed by atoms with E-state index in [0.717, 1.165) is 32.4 Å². The van der Waals surface area contributed by atoms with E-state index in [1.54, 1.807) is 6.08 Å². The van der Waals surface area contributed by atoms with Crippen LogP contribution >= 0.6 is 0 Å². The lowest BCUT2D eigenvalue weighted by Crippen LogP contribution is -2.44. The molecule has 15 heavy (non-hydrogen) atoms. The standard InChI is InChI=1S/C11H21N3O/c1-2-3-6-13-11(15)9-14-7-4-10(12)5-8-14/h2,10H,1,3-9,12H2,(H,13,15). The highest BCUT2D eigenvalue weighted by Gasteiger charge is 2.17. The SMILES string of the molecule is C=CCCNC(=O)CN1CCC(N)CC1. The number of carbonyl (C=O) groups excluding carboxylic acids is 1. The molecule has 86 valence electrons. The van der Waals surface area contributed by atoms with Crippen LogP contribution in [0.15, 0.2) is 12.7 Å². The maximum absolute atomic E-state index is 11.4. The van der Waals surface area contributed by atoms with Crippen molar-refractivity contribution in [3.8, 4) is 0 Å². The number of carbonyl (C=O) groups is 1. The molecule has 1 aliphatic rings. The molecule has 0 aromatic heterocycles. The molecule has 1 heterocycles. The fraction of sp³-hybridized carbons (Fsp3) is 0.727. The van der Waals surface area contributed by atoms with E-state index >= 15 is 0 Å². The Hall–Kier alpha value is -0.870. The number of nitrogens with one attached hydrogen (secondary N) is 1. The predicted octanol–water partition coefficient (Wildman–Crippen LogP) is 0.102. The molecule has 4 heteroatoms. The molecular formula is C11H21N3O. The average molecular weight is 211 g/mol. The van der Waals surface area contributed by atoms with E-state index in [1.807, 2.05) is 0 Å². The molecule has 0 saturated carbocycles. The molecule has 1 aliphatic heterocycles. The summed E-state index contributed by atoms with van der Waals surface area (Å²) < 4.78 is 0. The Morgan fingerprint density at radius 2 is 2.20 bits per heavy atom. The summed E-state index contributed by atoms with van der Waals surface area (Å²) in [5, 5.41) is 2.86.